The minimum Gasteiger partial charge on any atom is -0.338 e. The van der Waals surface area contributed by atoms with Crippen molar-refractivity contribution < 1.29 is 9.18 Å². The van der Waals surface area contributed by atoms with Crippen molar-refractivity contribution >= 4 is 57.1 Å². The van der Waals surface area contributed by atoms with Crippen LogP contribution in [0.5, 0.6) is 0 Å². The van der Waals surface area contributed by atoms with Crippen LogP contribution in [0.15, 0.2) is 48.5 Å². The molecule has 2 N–H and O–H groups in total. The number of H-pyrrole nitrogens is 1. The first-order valence-corrected chi connectivity index (χ1v) is 13.1. The van der Waals surface area contributed by atoms with Gasteiger partial charge in [0, 0.05) is 11.6 Å². The van der Waals surface area contributed by atoms with Crippen LogP contribution < -0.4 is 5.32 Å². The lowest BCUT2D eigenvalue weighted by atomic mass is 9.95. The number of fused-ring (bicyclic) bond motifs is 2. The lowest BCUT2D eigenvalue weighted by Crippen LogP contribution is -2.20. The third kappa shape index (κ3) is 4.36. The molecule has 9 heteroatoms. The molecule has 1 aliphatic rings. The normalized spacial score (nSPS) is 14.5. The Morgan fingerprint density at radius 2 is 1.86 bits per heavy atom. The van der Waals surface area contributed by atoms with Crippen molar-refractivity contribution in [3.8, 4) is 11.4 Å². The number of hydrogen-bond donors (Lipinski definition) is 2. The van der Waals surface area contributed by atoms with E-state index in [2.05, 4.69) is 32.8 Å². The van der Waals surface area contributed by atoms with Gasteiger partial charge >= 0.3 is 0 Å². The molecule has 0 bridgehead atoms. The Morgan fingerprint density at radius 1 is 1.05 bits per heavy atom. The second-order valence-corrected chi connectivity index (χ2v) is 10.4. The Morgan fingerprint density at radius 3 is 2.65 bits per heavy atom. The van der Waals surface area contributed by atoms with Crippen LogP contribution in [0.25, 0.3) is 33.5 Å². The molecule has 0 unspecified atom stereocenters. The number of anilines is 1. The highest BCUT2D eigenvalue weighted by molar-refractivity contribution is 6.36. The van der Waals surface area contributed by atoms with Crippen LogP contribution in [0.2, 0.25) is 10.0 Å². The highest BCUT2D eigenvalue weighted by Gasteiger charge is 2.24. The number of carbonyl (C=O) groups excluding carboxylic acids is 1. The van der Waals surface area contributed by atoms with Crippen molar-refractivity contribution in [3.63, 3.8) is 0 Å². The van der Waals surface area contributed by atoms with Gasteiger partial charge in [0.05, 0.1) is 32.2 Å². The van der Waals surface area contributed by atoms with Crippen molar-refractivity contribution in [1.29, 1.82) is 0 Å². The van der Waals surface area contributed by atoms with E-state index in [0.717, 1.165) is 42.3 Å². The number of nitrogens with zero attached hydrogens (tertiary/aromatic N) is 3. The topological polar surface area (TPSA) is 75.6 Å². The average molecular weight is 536 g/mol. The third-order valence-electron chi connectivity index (χ3n) is 7.01. The Hall–Kier alpha value is -3.42. The van der Waals surface area contributed by atoms with E-state index in [9.17, 15) is 9.18 Å². The van der Waals surface area contributed by atoms with E-state index in [1.165, 1.54) is 18.6 Å². The minimum absolute atomic E-state index is 0.152. The summed E-state index contributed by atoms with van der Waals surface area (Å²) in [5.74, 6) is -0.0744. The fourth-order valence-corrected chi connectivity index (χ4v) is 5.74. The van der Waals surface area contributed by atoms with Gasteiger partial charge in [-0.3, -0.25) is 10.1 Å². The molecule has 188 valence electrons. The van der Waals surface area contributed by atoms with Crippen LogP contribution in [0.3, 0.4) is 0 Å². The Balaban J connectivity index is 1.38. The van der Waals surface area contributed by atoms with Gasteiger partial charge in [0.15, 0.2) is 0 Å². The average Bonchev–Trinajstić information content (AvgIpc) is 3.45. The SMILES string of the molecule is Cc1ccc2nc(NC(=O)c3cc(Cl)c4nc(-c5c(F)cccc5Cl)[nH]c4c3)n(C3CCCCC3)c2c1. The van der Waals surface area contributed by atoms with Crippen LogP contribution in [-0.2, 0) is 0 Å². The monoisotopic (exact) mass is 535 g/mol. The molecule has 5 aromatic rings. The van der Waals surface area contributed by atoms with Crippen molar-refractivity contribution in [2.24, 2.45) is 0 Å². The van der Waals surface area contributed by atoms with Crippen molar-refractivity contribution in [1.82, 2.24) is 19.5 Å². The molecule has 1 fully saturated rings. The maximum absolute atomic E-state index is 14.5. The molecule has 1 aliphatic carbocycles. The van der Waals surface area contributed by atoms with E-state index in [-0.39, 0.29) is 33.4 Å². The number of aryl methyl sites for hydroxylation is 1. The fraction of sp³-hybridized carbons (Fsp3) is 0.250. The molecule has 3 aromatic carbocycles. The van der Waals surface area contributed by atoms with Gasteiger partial charge in [-0.1, -0.05) is 54.6 Å². The fourth-order valence-electron chi connectivity index (χ4n) is 5.22. The summed E-state index contributed by atoms with van der Waals surface area (Å²) in [6.07, 6.45) is 5.64. The second kappa shape index (κ2) is 9.47. The first-order chi connectivity index (χ1) is 17.9. The van der Waals surface area contributed by atoms with Crippen molar-refractivity contribution in [3.05, 3.63) is 75.5 Å². The summed E-state index contributed by atoms with van der Waals surface area (Å²) in [4.78, 5) is 25.7. The van der Waals surface area contributed by atoms with Gasteiger partial charge in [-0.25, -0.2) is 14.4 Å². The molecule has 1 amide bonds. The van der Waals surface area contributed by atoms with E-state index in [0.29, 0.717) is 22.5 Å². The maximum atomic E-state index is 14.5. The smallest absolute Gasteiger partial charge is 0.258 e. The first-order valence-electron chi connectivity index (χ1n) is 12.3. The highest BCUT2D eigenvalue weighted by atomic mass is 35.5. The zero-order chi connectivity index (χ0) is 25.7. The van der Waals surface area contributed by atoms with Crippen molar-refractivity contribution in [2.45, 2.75) is 45.1 Å². The Bertz CT molecular complexity index is 1650. The van der Waals surface area contributed by atoms with Gasteiger partial charge in [0.1, 0.15) is 17.2 Å². The largest absolute Gasteiger partial charge is 0.338 e. The maximum Gasteiger partial charge on any atom is 0.258 e. The Labute approximate surface area is 222 Å². The molecule has 0 radical (unpaired) electrons. The second-order valence-electron chi connectivity index (χ2n) is 9.58. The van der Waals surface area contributed by atoms with Crippen LogP contribution >= 0.6 is 23.2 Å². The zero-order valence-corrected chi connectivity index (χ0v) is 21.6. The Kier molecular flexibility index (Phi) is 6.13. The third-order valence-corrected chi connectivity index (χ3v) is 7.62. The summed E-state index contributed by atoms with van der Waals surface area (Å²) < 4.78 is 16.6. The zero-order valence-electron chi connectivity index (χ0n) is 20.1. The van der Waals surface area contributed by atoms with Gasteiger partial charge in [-0.05, 0) is 61.7 Å². The van der Waals surface area contributed by atoms with E-state index >= 15 is 0 Å². The van der Waals surface area contributed by atoms with Gasteiger partial charge < -0.3 is 9.55 Å². The molecule has 0 aliphatic heterocycles. The van der Waals surface area contributed by atoms with Gasteiger partial charge in [0.25, 0.3) is 5.91 Å². The summed E-state index contributed by atoms with van der Waals surface area (Å²) in [5, 5.41) is 3.52. The summed E-state index contributed by atoms with van der Waals surface area (Å²) in [5.41, 5.74) is 4.44. The molecule has 6 nitrogen and oxygen atoms in total. The number of aromatic nitrogens is 4. The molecule has 0 spiro atoms. The summed E-state index contributed by atoms with van der Waals surface area (Å²) in [6, 6.07) is 14.1. The number of nitrogens with one attached hydrogen (secondary N) is 2. The molecular weight excluding hydrogens is 512 g/mol. The molecule has 2 aromatic heterocycles. The number of rotatable bonds is 4. The van der Waals surface area contributed by atoms with Gasteiger partial charge in [-0.2, -0.15) is 0 Å². The number of carbonyl (C=O) groups is 1. The molecule has 6 rings (SSSR count). The molecule has 0 atom stereocenters. The summed E-state index contributed by atoms with van der Waals surface area (Å²) >= 11 is 12.7. The van der Waals surface area contributed by atoms with Crippen LogP contribution in [-0.4, -0.2) is 25.4 Å². The van der Waals surface area contributed by atoms with Crippen LogP contribution in [0.4, 0.5) is 10.3 Å². The molecule has 1 saturated carbocycles. The summed E-state index contributed by atoms with van der Waals surface area (Å²) in [6.45, 7) is 2.06. The molecule has 37 heavy (non-hydrogen) atoms. The molecular formula is C28H24Cl2FN5O. The number of hydrogen-bond acceptors (Lipinski definition) is 3. The minimum atomic E-state index is -0.502. The van der Waals surface area contributed by atoms with Gasteiger partial charge in [0.2, 0.25) is 5.95 Å². The predicted octanol–water partition coefficient (Wildman–Crippen LogP) is 8.09. The van der Waals surface area contributed by atoms with E-state index in [4.69, 9.17) is 28.2 Å². The van der Waals surface area contributed by atoms with Crippen molar-refractivity contribution in [2.75, 3.05) is 5.32 Å². The lowest BCUT2D eigenvalue weighted by molar-refractivity contribution is 0.102. The number of benzene rings is 3. The van der Waals surface area contributed by atoms with Crippen LogP contribution in [0.1, 0.15) is 54.1 Å². The number of imidazole rings is 2. The standard InChI is InChI=1S/C28H24Cl2FN5O/c1-15-10-11-21-23(12-15)36(17-6-3-2-4-7-17)28(33-21)35-27(37)16-13-19(30)25-22(14-16)32-26(34-25)24-18(29)8-5-9-20(24)31/h5,8-14,17H,2-4,6-7H2,1H3,(H,32,34)(H,33,35,37). The quantitative estimate of drug-likeness (QED) is 0.244. The summed E-state index contributed by atoms with van der Waals surface area (Å²) in [7, 11) is 0. The number of halogens is 3. The first kappa shape index (κ1) is 23.9. The molecule has 0 saturated heterocycles. The van der Waals surface area contributed by atoms with E-state index < -0.39 is 5.82 Å². The van der Waals surface area contributed by atoms with E-state index in [1.807, 2.05) is 12.1 Å². The van der Waals surface area contributed by atoms with Gasteiger partial charge in [-0.15, -0.1) is 0 Å². The highest BCUT2D eigenvalue weighted by Crippen LogP contribution is 2.36. The number of amides is 1. The lowest BCUT2D eigenvalue weighted by Gasteiger charge is -2.25. The van der Waals surface area contributed by atoms with E-state index in [1.54, 1.807) is 18.2 Å². The molecule has 2 heterocycles. The predicted molar refractivity (Wildman–Crippen MR) is 146 cm³/mol. The number of aromatic amines is 1. The van der Waals surface area contributed by atoms with Crippen LogP contribution in [0, 0.1) is 12.7 Å².